The van der Waals surface area contributed by atoms with Gasteiger partial charge in [-0.1, -0.05) is 27.5 Å². The molecule has 2 rings (SSSR count). The number of benzene rings is 2. The van der Waals surface area contributed by atoms with E-state index in [-0.39, 0.29) is 0 Å². The highest BCUT2D eigenvalue weighted by atomic mass is 127. The molecular formula is C15H14BrClI2N4. The van der Waals surface area contributed by atoms with Crippen LogP contribution in [0, 0.1) is 7.14 Å². The van der Waals surface area contributed by atoms with Crippen LogP contribution in [0.2, 0.25) is 5.02 Å². The number of hydrogen-bond acceptors (Lipinski definition) is 2. The van der Waals surface area contributed by atoms with Gasteiger partial charge in [-0.3, -0.25) is 0 Å². The number of nitrogens with zero attached hydrogens (tertiary/aromatic N) is 2. The van der Waals surface area contributed by atoms with Gasteiger partial charge in [0.25, 0.3) is 0 Å². The molecule has 3 N–H and O–H groups in total. The van der Waals surface area contributed by atoms with Gasteiger partial charge in [-0.05, 0) is 81.6 Å². The summed E-state index contributed by atoms with van der Waals surface area (Å²) in [5, 5.41) is 3.89. The van der Waals surface area contributed by atoms with Crippen molar-refractivity contribution in [2.45, 2.75) is 0 Å². The van der Waals surface area contributed by atoms with Crippen molar-refractivity contribution in [1.29, 1.82) is 0 Å². The third-order valence-electron chi connectivity index (χ3n) is 3.06. The van der Waals surface area contributed by atoms with Gasteiger partial charge in [-0.15, -0.1) is 0 Å². The highest BCUT2D eigenvalue weighted by Gasteiger charge is 2.09. The third kappa shape index (κ3) is 5.36. The third-order valence-corrected chi connectivity index (χ3v) is 5.42. The van der Waals surface area contributed by atoms with Crippen LogP contribution in [-0.4, -0.2) is 19.7 Å². The van der Waals surface area contributed by atoms with Gasteiger partial charge in [0.2, 0.25) is 0 Å². The highest BCUT2D eigenvalue weighted by molar-refractivity contribution is 14.1. The topological polar surface area (TPSA) is 53.6 Å². The van der Waals surface area contributed by atoms with Crippen LogP contribution >= 0.6 is 72.7 Å². The number of halogens is 4. The number of rotatable bonds is 4. The Kier molecular flexibility index (Phi) is 7.23. The molecule has 0 saturated heterocycles. The Morgan fingerprint density at radius 1 is 1.30 bits per heavy atom. The van der Waals surface area contributed by atoms with Crippen LogP contribution < -0.4 is 16.0 Å². The van der Waals surface area contributed by atoms with E-state index in [0.29, 0.717) is 17.7 Å². The lowest BCUT2D eigenvalue weighted by molar-refractivity contribution is 1.09. The maximum atomic E-state index is 6.26. The van der Waals surface area contributed by atoms with Crippen LogP contribution in [0.15, 0.2) is 45.9 Å². The molecule has 0 atom stereocenters. The molecule has 4 nitrogen and oxygen atoms in total. The van der Waals surface area contributed by atoms with Crippen molar-refractivity contribution in [1.82, 2.24) is 0 Å². The molecule has 23 heavy (non-hydrogen) atoms. The normalized spacial score (nSPS) is 11.4. The minimum atomic E-state index is 0.385. The van der Waals surface area contributed by atoms with Crippen molar-refractivity contribution in [2.24, 2.45) is 10.7 Å². The second-order valence-electron chi connectivity index (χ2n) is 4.63. The molecule has 0 radical (unpaired) electrons. The molecule has 122 valence electrons. The van der Waals surface area contributed by atoms with E-state index >= 15 is 0 Å². The van der Waals surface area contributed by atoms with Crippen LogP contribution in [0.25, 0.3) is 0 Å². The van der Waals surface area contributed by atoms with Gasteiger partial charge in [0, 0.05) is 24.3 Å². The zero-order chi connectivity index (χ0) is 17.0. The molecule has 0 saturated carbocycles. The van der Waals surface area contributed by atoms with Crippen molar-refractivity contribution in [3.63, 3.8) is 0 Å². The summed E-state index contributed by atoms with van der Waals surface area (Å²) in [6.45, 7) is 0.385. The fraction of sp³-hybridized carbons (Fsp3) is 0.133. The summed E-state index contributed by atoms with van der Waals surface area (Å²) in [6.07, 6.45) is 0. The lowest BCUT2D eigenvalue weighted by Gasteiger charge is -2.20. The maximum absolute atomic E-state index is 6.26. The molecular weight excluding hydrogens is 605 g/mol. The van der Waals surface area contributed by atoms with Crippen LogP contribution in [0.5, 0.6) is 0 Å². The predicted molar refractivity (Wildman–Crippen MR) is 120 cm³/mol. The lowest BCUT2D eigenvalue weighted by Crippen LogP contribution is -2.34. The summed E-state index contributed by atoms with van der Waals surface area (Å²) < 4.78 is 3.23. The quantitative estimate of drug-likeness (QED) is 0.284. The fourth-order valence-electron chi connectivity index (χ4n) is 1.82. The van der Waals surface area contributed by atoms with E-state index in [1.807, 2.05) is 43.4 Å². The smallest absolute Gasteiger partial charge is 0.197 e. The molecule has 2 aromatic carbocycles. The molecule has 0 aliphatic carbocycles. The van der Waals surface area contributed by atoms with Gasteiger partial charge < -0.3 is 16.0 Å². The number of aliphatic imine (C=N–C) groups is 1. The van der Waals surface area contributed by atoms with Crippen molar-refractivity contribution >= 4 is 90.0 Å². The molecule has 0 unspecified atom stereocenters. The number of hydrogen-bond donors (Lipinski definition) is 2. The average molecular weight is 619 g/mol. The molecule has 0 heterocycles. The molecule has 8 heteroatoms. The fourth-order valence-corrected chi connectivity index (χ4v) is 4.30. The van der Waals surface area contributed by atoms with Gasteiger partial charge in [-0.2, -0.15) is 0 Å². The zero-order valence-corrected chi connectivity index (χ0v) is 18.8. The van der Waals surface area contributed by atoms with E-state index in [0.717, 1.165) is 23.0 Å². The standard InChI is InChI=1S/C15H14BrClI2N4/c1-23(14-5-3-10(18)7-11(14)17)15(20)22-8-21-13-4-2-9(16)6-12(13)19/h2-7,21H,8H2,1H3,(H2,20,22). The number of nitrogens with two attached hydrogens (primary N) is 1. The van der Waals surface area contributed by atoms with Gasteiger partial charge in [-0.25, -0.2) is 4.99 Å². The summed E-state index contributed by atoms with van der Waals surface area (Å²) in [7, 11) is 1.84. The van der Waals surface area contributed by atoms with E-state index in [4.69, 9.17) is 17.3 Å². The van der Waals surface area contributed by atoms with E-state index in [9.17, 15) is 0 Å². The van der Waals surface area contributed by atoms with Gasteiger partial charge in [0.15, 0.2) is 5.96 Å². The minimum Gasteiger partial charge on any atom is -0.369 e. The first kappa shape index (κ1) is 19.1. The van der Waals surface area contributed by atoms with E-state index in [2.05, 4.69) is 71.4 Å². The molecule has 0 aliphatic rings. The molecule has 0 spiro atoms. The Labute approximate surface area is 176 Å². The minimum absolute atomic E-state index is 0.385. The van der Waals surface area contributed by atoms with E-state index in [1.165, 1.54) is 0 Å². The van der Waals surface area contributed by atoms with Crippen LogP contribution in [0.4, 0.5) is 11.4 Å². The van der Waals surface area contributed by atoms with Gasteiger partial charge >= 0.3 is 0 Å². The van der Waals surface area contributed by atoms with E-state index < -0.39 is 0 Å². The first-order valence-electron chi connectivity index (χ1n) is 6.56. The van der Waals surface area contributed by atoms with E-state index in [1.54, 1.807) is 4.90 Å². The zero-order valence-electron chi connectivity index (χ0n) is 12.2. The first-order valence-corrected chi connectivity index (χ1v) is 9.89. The van der Waals surface area contributed by atoms with Crippen LogP contribution in [0.1, 0.15) is 0 Å². The second kappa shape index (κ2) is 8.72. The highest BCUT2D eigenvalue weighted by Crippen LogP contribution is 2.26. The van der Waals surface area contributed by atoms with Crippen molar-refractivity contribution < 1.29 is 0 Å². The first-order chi connectivity index (χ1) is 10.9. The van der Waals surface area contributed by atoms with Gasteiger partial charge in [0.05, 0.1) is 10.7 Å². The summed E-state index contributed by atoms with van der Waals surface area (Å²) in [5.74, 6) is 0.396. The monoisotopic (exact) mass is 618 g/mol. The summed E-state index contributed by atoms with van der Waals surface area (Å²) in [6, 6.07) is 11.8. The van der Waals surface area contributed by atoms with Crippen molar-refractivity contribution in [3.8, 4) is 0 Å². The van der Waals surface area contributed by atoms with Crippen LogP contribution in [0.3, 0.4) is 0 Å². The number of guanidine groups is 1. The SMILES string of the molecule is CN(C(N)=NCNc1ccc(Br)cc1I)c1ccc(I)cc1Cl. The number of anilines is 2. The van der Waals surface area contributed by atoms with Gasteiger partial charge in [0.1, 0.15) is 6.67 Å². The molecule has 0 bridgehead atoms. The summed E-state index contributed by atoms with van der Waals surface area (Å²) in [4.78, 5) is 6.13. The molecule has 0 aromatic heterocycles. The van der Waals surface area contributed by atoms with Crippen molar-refractivity contribution in [2.75, 3.05) is 23.9 Å². The lowest BCUT2D eigenvalue weighted by atomic mass is 10.3. The number of nitrogens with one attached hydrogen (secondary N) is 1. The summed E-state index contributed by atoms with van der Waals surface area (Å²) in [5.41, 5.74) is 7.89. The Morgan fingerprint density at radius 3 is 2.70 bits per heavy atom. The molecule has 2 aromatic rings. The van der Waals surface area contributed by atoms with Crippen molar-refractivity contribution in [3.05, 3.63) is 53.0 Å². The average Bonchev–Trinajstić information content (AvgIpc) is 2.48. The largest absolute Gasteiger partial charge is 0.369 e. The molecule has 0 amide bonds. The maximum Gasteiger partial charge on any atom is 0.197 e. The Morgan fingerprint density at radius 2 is 2.04 bits per heavy atom. The Balaban J connectivity index is 2.04. The van der Waals surface area contributed by atoms with Crippen LogP contribution in [-0.2, 0) is 0 Å². The Hall–Kier alpha value is -0.260. The predicted octanol–water partition coefficient (Wildman–Crippen LogP) is 5.13. The molecule has 0 aliphatic heterocycles. The molecule has 0 fully saturated rings. The summed E-state index contributed by atoms with van der Waals surface area (Å²) >= 11 is 14.2. The second-order valence-corrected chi connectivity index (χ2v) is 8.36. The Bertz CT molecular complexity index is 739.